The van der Waals surface area contributed by atoms with E-state index < -0.39 is 6.10 Å². The van der Waals surface area contributed by atoms with Crippen molar-refractivity contribution in [3.63, 3.8) is 0 Å². The Kier molecular flexibility index (Phi) is 4.13. The highest BCUT2D eigenvalue weighted by Gasteiger charge is 2.21. The third-order valence-corrected chi connectivity index (χ3v) is 6.17. The summed E-state index contributed by atoms with van der Waals surface area (Å²) < 4.78 is 2.02. The van der Waals surface area contributed by atoms with Crippen molar-refractivity contribution in [3.8, 4) is 0 Å². The van der Waals surface area contributed by atoms with Gasteiger partial charge in [-0.3, -0.25) is 0 Å². The second-order valence-corrected chi connectivity index (χ2v) is 8.73. The van der Waals surface area contributed by atoms with Crippen LogP contribution in [-0.2, 0) is 0 Å². The number of aliphatic hydroxyl groups is 1. The summed E-state index contributed by atoms with van der Waals surface area (Å²) in [6, 6.07) is 10.4. The standard InChI is InChI=1S/C15H14Br2OS/c16-13-8-12(15(17)19-13)14(18)11-6-2-5-10(7-11)9-3-1-4-9/h2,5-9,14,18H,1,3-4H2. The monoisotopic (exact) mass is 400 g/mol. The van der Waals surface area contributed by atoms with Gasteiger partial charge in [0.25, 0.3) is 0 Å². The van der Waals surface area contributed by atoms with Crippen LogP contribution < -0.4 is 0 Å². The maximum atomic E-state index is 10.5. The Morgan fingerprint density at radius 2 is 2.00 bits per heavy atom. The van der Waals surface area contributed by atoms with Gasteiger partial charge in [-0.05, 0) is 67.8 Å². The second-order valence-electron chi connectivity index (χ2n) is 4.98. The molecule has 0 amide bonds. The molecule has 1 aliphatic rings. The van der Waals surface area contributed by atoms with Crippen LogP contribution in [0.15, 0.2) is 37.9 Å². The van der Waals surface area contributed by atoms with E-state index >= 15 is 0 Å². The highest BCUT2D eigenvalue weighted by atomic mass is 79.9. The Balaban J connectivity index is 1.90. The van der Waals surface area contributed by atoms with E-state index in [4.69, 9.17) is 0 Å². The quantitative estimate of drug-likeness (QED) is 0.707. The van der Waals surface area contributed by atoms with Crippen molar-refractivity contribution in [1.82, 2.24) is 0 Å². The van der Waals surface area contributed by atoms with Gasteiger partial charge in [0, 0.05) is 5.56 Å². The zero-order chi connectivity index (χ0) is 13.4. The first kappa shape index (κ1) is 13.8. The smallest absolute Gasteiger partial charge is 0.106 e. The summed E-state index contributed by atoms with van der Waals surface area (Å²) in [6.45, 7) is 0. The van der Waals surface area contributed by atoms with E-state index in [1.165, 1.54) is 24.8 Å². The van der Waals surface area contributed by atoms with Crippen molar-refractivity contribution in [3.05, 3.63) is 54.6 Å². The molecule has 1 aromatic carbocycles. The number of rotatable bonds is 3. The fraction of sp³-hybridized carbons (Fsp3) is 0.333. The number of thiophene rings is 1. The molecule has 0 radical (unpaired) electrons. The molecule has 0 spiro atoms. The summed E-state index contributed by atoms with van der Waals surface area (Å²) in [7, 11) is 0. The van der Waals surface area contributed by atoms with Crippen LogP contribution in [0.4, 0.5) is 0 Å². The highest BCUT2D eigenvalue weighted by Crippen LogP contribution is 2.40. The minimum atomic E-state index is -0.558. The van der Waals surface area contributed by atoms with Crippen LogP contribution in [0.25, 0.3) is 0 Å². The lowest BCUT2D eigenvalue weighted by Crippen LogP contribution is -2.09. The molecule has 3 rings (SSSR count). The Morgan fingerprint density at radius 3 is 2.58 bits per heavy atom. The molecule has 1 saturated carbocycles. The van der Waals surface area contributed by atoms with Crippen molar-refractivity contribution in [2.75, 3.05) is 0 Å². The summed E-state index contributed by atoms with van der Waals surface area (Å²) in [5.74, 6) is 0.699. The molecule has 1 aromatic heterocycles. The van der Waals surface area contributed by atoms with Crippen molar-refractivity contribution in [1.29, 1.82) is 0 Å². The molecular formula is C15H14Br2OS. The largest absolute Gasteiger partial charge is 0.384 e. The molecule has 19 heavy (non-hydrogen) atoms. The Labute approximate surface area is 133 Å². The van der Waals surface area contributed by atoms with Gasteiger partial charge in [0.2, 0.25) is 0 Å². The van der Waals surface area contributed by atoms with Crippen LogP contribution in [0.5, 0.6) is 0 Å². The molecular weight excluding hydrogens is 388 g/mol. The number of hydrogen-bond acceptors (Lipinski definition) is 2. The van der Waals surface area contributed by atoms with E-state index in [0.717, 1.165) is 18.7 Å². The molecule has 1 N–H and O–H groups in total. The molecule has 100 valence electrons. The molecule has 1 fully saturated rings. The van der Waals surface area contributed by atoms with Crippen LogP contribution >= 0.6 is 43.2 Å². The lowest BCUT2D eigenvalue weighted by atomic mass is 9.79. The number of benzene rings is 1. The minimum absolute atomic E-state index is 0.558. The molecule has 1 atom stereocenters. The maximum absolute atomic E-state index is 10.5. The van der Waals surface area contributed by atoms with Crippen LogP contribution in [0, 0.1) is 0 Å². The number of halogens is 2. The van der Waals surface area contributed by atoms with Gasteiger partial charge in [0.1, 0.15) is 6.10 Å². The summed E-state index contributed by atoms with van der Waals surface area (Å²) in [6.07, 6.45) is 3.35. The van der Waals surface area contributed by atoms with Gasteiger partial charge in [-0.25, -0.2) is 0 Å². The first-order chi connectivity index (χ1) is 9.15. The van der Waals surface area contributed by atoms with Gasteiger partial charge in [-0.1, -0.05) is 30.7 Å². The zero-order valence-corrected chi connectivity index (χ0v) is 14.3. The van der Waals surface area contributed by atoms with E-state index in [1.54, 1.807) is 11.3 Å². The first-order valence-electron chi connectivity index (χ1n) is 6.38. The van der Waals surface area contributed by atoms with Gasteiger partial charge < -0.3 is 5.11 Å². The Morgan fingerprint density at radius 1 is 1.21 bits per heavy atom. The van der Waals surface area contributed by atoms with Gasteiger partial charge in [-0.2, -0.15) is 0 Å². The molecule has 4 heteroatoms. The van der Waals surface area contributed by atoms with Crippen LogP contribution in [0.3, 0.4) is 0 Å². The molecule has 1 heterocycles. The molecule has 0 bridgehead atoms. The van der Waals surface area contributed by atoms with E-state index in [-0.39, 0.29) is 0 Å². The fourth-order valence-electron chi connectivity index (χ4n) is 2.44. The predicted molar refractivity (Wildman–Crippen MR) is 86.8 cm³/mol. The molecule has 2 aromatic rings. The van der Waals surface area contributed by atoms with E-state index in [9.17, 15) is 5.11 Å². The summed E-state index contributed by atoms with van der Waals surface area (Å²) in [5, 5.41) is 10.5. The van der Waals surface area contributed by atoms with Crippen molar-refractivity contribution in [2.45, 2.75) is 31.3 Å². The summed E-state index contributed by atoms with van der Waals surface area (Å²) >= 11 is 8.57. The normalized spacial score (nSPS) is 17.2. The second kappa shape index (κ2) is 5.68. The zero-order valence-electron chi connectivity index (χ0n) is 10.3. The third-order valence-electron chi connectivity index (χ3n) is 3.78. The van der Waals surface area contributed by atoms with Gasteiger partial charge in [-0.15, -0.1) is 11.3 Å². The number of aliphatic hydroxyl groups excluding tert-OH is 1. The summed E-state index contributed by atoms with van der Waals surface area (Å²) in [4.78, 5) is 0. The van der Waals surface area contributed by atoms with Crippen LogP contribution in [-0.4, -0.2) is 5.11 Å². The lowest BCUT2D eigenvalue weighted by Gasteiger charge is -2.26. The van der Waals surface area contributed by atoms with E-state index in [1.807, 2.05) is 12.1 Å². The van der Waals surface area contributed by atoms with Gasteiger partial charge in [0.05, 0.1) is 7.57 Å². The van der Waals surface area contributed by atoms with Crippen LogP contribution in [0.2, 0.25) is 0 Å². The molecule has 0 aliphatic heterocycles. The third kappa shape index (κ3) is 2.82. The topological polar surface area (TPSA) is 20.2 Å². The minimum Gasteiger partial charge on any atom is -0.384 e. The first-order valence-corrected chi connectivity index (χ1v) is 8.78. The van der Waals surface area contributed by atoms with Gasteiger partial charge >= 0.3 is 0 Å². The van der Waals surface area contributed by atoms with Crippen molar-refractivity contribution in [2.24, 2.45) is 0 Å². The average Bonchev–Trinajstić information content (AvgIpc) is 2.66. The number of hydrogen-bond donors (Lipinski definition) is 1. The SMILES string of the molecule is OC(c1cccc(C2CCC2)c1)c1cc(Br)sc1Br. The Hall–Kier alpha value is -0.160. The van der Waals surface area contributed by atoms with Crippen molar-refractivity contribution < 1.29 is 5.11 Å². The maximum Gasteiger partial charge on any atom is 0.106 e. The van der Waals surface area contributed by atoms with Gasteiger partial charge in [0.15, 0.2) is 0 Å². The Bertz CT molecular complexity index is 590. The summed E-state index contributed by atoms with van der Waals surface area (Å²) in [5.41, 5.74) is 3.28. The molecule has 0 saturated heterocycles. The van der Waals surface area contributed by atoms with Crippen molar-refractivity contribution >= 4 is 43.2 Å². The fourth-order valence-corrected chi connectivity index (χ4v) is 5.33. The van der Waals surface area contributed by atoms with E-state index in [0.29, 0.717) is 5.92 Å². The molecule has 1 nitrogen and oxygen atoms in total. The average molecular weight is 402 g/mol. The molecule has 1 unspecified atom stereocenters. The predicted octanol–water partition coefficient (Wildman–Crippen LogP) is 5.62. The molecule has 1 aliphatic carbocycles. The highest BCUT2D eigenvalue weighted by molar-refractivity contribution is 9.12. The lowest BCUT2D eigenvalue weighted by molar-refractivity contribution is 0.220. The van der Waals surface area contributed by atoms with Crippen LogP contribution in [0.1, 0.15) is 48.0 Å². The van der Waals surface area contributed by atoms with E-state index in [2.05, 4.69) is 50.1 Å².